The van der Waals surface area contributed by atoms with Gasteiger partial charge in [0.2, 0.25) is 0 Å². The van der Waals surface area contributed by atoms with Crippen molar-refractivity contribution in [1.29, 1.82) is 0 Å². The van der Waals surface area contributed by atoms with Crippen LogP contribution in [0.4, 0.5) is 17.6 Å². The number of benzene rings is 2. The predicted octanol–water partition coefficient (Wildman–Crippen LogP) is 10.9. The molecule has 0 spiro atoms. The van der Waals surface area contributed by atoms with Crippen molar-refractivity contribution in [2.45, 2.75) is 117 Å². The number of pyridine rings is 1. The number of aliphatic hydroxyl groups excluding tert-OH is 1. The Hall–Kier alpha value is -2.55. The minimum atomic E-state index is -4.48. The first-order chi connectivity index (χ1) is 20.1. The summed E-state index contributed by atoms with van der Waals surface area (Å²) < 4.78 is 61.5. The first-order valence-electron chi connectivity index (χ1n) is 15.4. The summed E-state index contributed by atoms with van der Waals surface area (Å²) in [6.07, 6.45) is -0.527. The van der Waals surface area contributed by atoms with E-state index in [0.717, 1.165) is 78.7 Å². The van der Waals surface area contributed by atoms with Crippen molar-refractivity contribution in [3.63, 3.8) is 0 Å². The van der Waals surface area contributed by atoms with Gasteiger partial charge in [0.15, 0.2) is 8.32 Å². The normalized spacial score (nSPS) is 19.5. The molecule has 5 rings (SSSR count). The number of hydrogen-bond acceptors (Lipinski definition) is 3. The van der Waals surface area contributed by atoms with Gasteiger partial charge in [0.05, 0.1) is 17.4 Å². The van der Waals surface area contributed by atoms with Gasteiger partial charge in [0.1, 0.15) is 11.9 Å². The Labute approximate surface area is 261 Å². The summed E-state index contributed by atoms with van der Waals surface area (Å²) in [6.45, 7) is 13.3. The molecule has 1 saturated carbocycles. The number of fused-ring (bicyclic) bond motifs is 1. The lowest BCUT2D eigenvalue weighted by molar-refractivity contribution is -0.137. The second-order valence-electron chi connectivity index (χ2n) is 14.1. The summed E-state index contributed by atoms with van der Waals surface area (Å²) >= 11 is 0. The standard InChI is InChI=1S/C35H43F4NO2Si.CH4/c1-21(2)43(5,6)42-28-20-34(3,4)19-27-30(28)29(22-13-17-26(36)18-14-22)31(32(40-27)23-9-7-8-10-23)33(41)24-11-15-25(16-12-24)35(37,38)39;/h11-18,21,23,28,33,41H,7-10,19-20H2,1-6H3;1H4. The molecule has 240 valence electrons. The molecular weight excluding hydrogens is 582 g/mol. The fraction of sp³-hybridized carbons (Fsp3) is 0.528. The average Bonchev–Trinajstić information content (AvgIpc) is 3.46. The highest BCUT2D eigenvalue weighted by Crippen LogP contribution is 2.52. The van der Waals surface area contributed by atoms with Crippen molar-refractivity contribution in [3.05, 3.63) is 88.0 Å². The first kappa shape index (κ1) is 34.3. The van der Waals surface area contributed by atoms with Gasteiger partial charge in [-0.05, 0) is 90.7 Å². The molecule has 0 aliphatic heterocycles. The maximum atomic E-state index is 14.2. The van der Waals surface area contributed by atoms with Crippen molar-refractivity contribution >= 4 is 8.32 Å². The molecule has 0 amide bonds. The number of aromatic nitrogens is 1. The lowest BCUT2D eigenvalue weighted by Crippen LogP contribution is -2.39. The largest absolute Gasteiger partial charge is 0.416 e. The van der Waals surface area contributed by atoms with Gasteiger partial charge in [-0.1, -0.05) is 72.2 Å². The van der Waals surface area contributed by atoms with Gasteiger partial charge in [-0.2, -0.15) is 13.2 Å². The quantitative estimate of drug-likeness (QED) is 0.209. The zero-order valence-corrected chi connectivity index (χ0v) is 27.0. The molecule has 8 heteroatoms. The summed E-state index contributed by atoms with van der Waals surface area (Å²) in [5.74, 6) is -0.246. The number of rotatable bonds is 7. The third-order valence-corrected chi connectivity index (χ3v) is 13.3. The zero-order valence-electron chi connectivity index (χ0n) is 26.0. The van der Waals surface area contributed by atoms with Crippen LogP contribution in [0.1, 0.15) is 119 Å². The number of hydrogen-bond donors (Lipinski definition) is 1. The van der Waals surface area contributed by atoms with Crippen molar-refractivity contribution in [2.24, 2.45) is 5.41 Å². The lowest BCUT2D eigenvalue weighted by atomic mass is 9.71. The van der Waals surface area contributed by atoms with Crippen molar-refractivity contribution in [2.75, 3.05) is 0 Å². The smallest absolute Gasteiger partial charge is 0.410 e. The van der Waals surface area contributed by atoms with Gasteiger partial charge in [-0.25, -0.2) is 4.39 Å². The van der Waals surface area contributed by atoms with Crippen LogP contribution in [0.3, 0.4) is 0 Å². The molecule has 1 N–H and O–H groups in total. The van der Waals surface area contributed by atoms with Crippen molar-refractivity contribution in [1.82, 2.24) is 4.98 Å². The molecule has 2 aliphatic rings. The molecule has 1 aromatic heterocycles. The van der Waals surface area contributed by atoms with Crippen LogP contribution in [0, 0.1) is 11.2 Å². The fourth-order valence-corrected chi connectivity index (χ4v) is 7.84. The summed E-state index contributed by atoms with van der Waals surface area (Å²) in [6, 6.07) is 11.0. The fourth-order valence-electron chi connectivity index (χ4n) is 6.63. The Morgan fingerprint density at radius 1 is 0.977 bits per heavy atom. The van der Waals surface area contributed by atoms with E-state index in [1.165, 1.54) is 24.3 Å². The molecule has 2 aromatic carbocycles. The molecule has 44 heavy (non-hydrogen) atoms. The van der Waals surface area contributed by atoms with Crippen LogP contribution >= 0.6 is 0 Å². The molecule has 1 fully saturated rings. The van der Waals surface area contributed by atoms with Gasteiger partial charge >= 0.3 is 6.18 Å². The van der Waals surface area contributed by atoms with E-state index in [-0.39, 0.29) is 30.7 Å². The van der Waals surface area contributed by atoms with Gasteiger partial charge in [0, 0.05) is 22.7 Å². The second-order valence-corrected chi connectivity index (χ2v) is 18.7. The lowest BCUT2D eigenvalue weighted by Gasteiger charge is -2.43. The van der Waals surface area contributed by atoms with Gasteiger partial charge in [-0.15, -0.1) is 0 Å². The first-order valence-corrected chi connectivity index (χ1v) is 18.4. The van der Waals surface area contributed by atoms with Crippen LogP contribution in [0.2, 0.25) is 18.6 Å². The highest BCUT2D eigenvalue weighted by molar-refractivity contribution is 6.72. The van der Waals surface area contributed by atoms with E-state index < -0.39 is 26.2 Å². The third kappa shape index (κ3) is 6.97. The Morgan fingerprint density at radius 3 is 2.11 bits per heavy atom. The zero-order chi connectivity index (χ0) is 31.3. The molecule has 0 saturated heterocycles. The number of aliphatic hydroxyl groups is 1. The SMILES string of the molecule is C.CC(C)[Si](C)(C)OC1CC(C)(C)Cc2nc(C3CCCC3)c(C(O)c3ccc(C(F)(F)F)cc3)c(-c3ccc(F)cc3)c21. The topological polar surface area (TPSA) is 42.4 Å². The number of nitrogens with zero attached hydrogens (tertiary/aromatic N) is 1. The van der Waals surface area contributed by atoms with E-state index in [1.807, 2.05) is 0 Å². The Morgan fingerprint density at radius 2 is 1.57 bits per heavy atom. The number of halogens is 4. The predicted molar refractivity (Wildman–Crippen MR) is 172 cm³/mol. The Bertz CT molecular complexity index is 1440. The van der Waals surface area contributed by atoms with E-state index in [2.05, 4.69) is 40.8 Å². The molecule has 3 aromatic rings. The van der Waals surface area contributed by atoms with Gasteiger partial charge in [0.25, 0.3) is 0 Å². The van der Waals surface area contributed by atoms with E-state index >= 15 is 0 Å². The van der Waals surface area contributed by atoms with Crippen LogP contribution in [0.25, 0.3) is 11.1 Å². The minimum Gasteiger partial charge on any atom is -0.410 e. The number of alkyl halides is 3. The summed E-state index contributed by atoms with van der Waals surface area (Å²) in [4.78, 5) is 5.34. The molecule has 2 atom stereocenters. The molecule has 0 radical (unpaired) electrons. The van der Waals surface area contributed by atoms with Gasteiger partial charge < -0.3 is 9.53 Å². The molecule has 0 bridgehead atoms. The van der Waals surface area contributed by atoms with Crippen LogP contribution < -0.4 is 0 Å². The van der Waals surface area contributed by atoms with Crippen molar-refractivity contribution in [3.8, 4) is 11.1 Å². The molecule has 2 unspecified atom stereocenters. The van der Waals surface area contributed by atoms with E-state index in [1.54, 1.807) is 12.1 Å². The second kappa shape index (κ2) is 12.7. The Balaban J connectivity index is 0.00000442. The van der Waals surface area contributed by atoms with Crippen LogP contribution in [-0.2, 0) is 17.0 Å². The van der Waals surface area contributed by atoms with Crippen LogP contribution in [-0.4, -0.2) is 18.4 Å². The van der Waals surface area contributed by atoms with E-state index in [0.29, 0.717) is 16.7 Å². The molecule has 1 heterocycles. The Kier molecular flexibility index (Phi) is 9.89. The van der Waals surface area contributed by atoms with Crippen molar-refractivity contribution < 1.29 is 27.1 Å². The minimum absolute atomic E-state index is 0. The maximum Gasteiger partial charge on any atom is 0.416 e. The molecule has 2 aliphatic carbocycles. The van der Waals surface area contributed by atoms with E-state index in [9.17, 15) is 22.7 Å². The summed E-state index contributed by atoms with van der Waals surface area (Å²) in [7, 11) is -2.16. The monoisotopic (exact) mass is 629 g/mol. The summed E-state index contributed by atoms with van der Waals surface area (Å²) in [5, 5.41) is 12.1. The molecule has 3 nitrogen and oxygen atoms in total. The van der Waals surface area contributed by atoms with E-state index in [4.69, 9.17) is 9.41 Å². The summed E-state index contributed by atoms with van der Waals surface area (Å²) in [5.41, 5.74) is 4.70. The highest BCUT2D eigenvalue weighted by Gasteiger charge is 2.43. The molecular formula is C36H47F4NO2Si. The highest BCUT2D eigenvalue weighted by atomic mass is 28.4. The van der Waals surface area contributed by atoms with Crippen LogP contribution in [0.15, 0.2) is 48.5 Å². The maximum absolute atomic E-state index is 14.2. The third-order valence-electron chi connectivity index (χ3n) is 9.63. The van der Waals surface area contributed by atoms with Crippen LogP contribution in [0.5, 0.6) is 0 Å². The van der Waals surface area contributed by atoms with Gasteiger partial charge in [-0.3, -0.25) is 4.98 Å². The average molecular weight is 630 g/mol.